The average Bonchev–Trinajstić information content (AvgIpc) is 0.673. The smallest absolute Gasteiger partial charge is 0.164 e. The van der Waals surface area contributed by atoms with Gasteiger partial charge in [-0.25, -0.2) is 24.9 Å². The van der Waals surface area contributed by atoms with E-state index in [1.165, 1.54) is 103 Å². The number of rotatable bonds is 21. The maximum absolute atomic E-state index is 13.0. The van der Waals surface area contributed by atoms with E-state index in [0.717, 1.165) is 121 Å². The van der Waals surface area contributed by atoms with Crippen LogP contribution in [0.1, 0.15) is 0 Å². The average molecular weight is 2050 g/mol. The molecule has 2 aromatic heterocycles. The van der Waals surface area contributed by atoms with Crippen molar-refractivity contribution in [3.63, 3.8) is 0 Å². The normalized spacial score (nSPS) is 12.6. The highest BCUT2D eigenvalue weighted by Gasteiger charge is 2.29. The van der Waals surface area contributed by atoms with Crippen molar-refractivity contribution in [2.45, 2.75) is 0 Å². The Morgan fingerprint density at radius 3 is 0.514 bits per heavy atom. The topological polar surface area (TPSA) is 167 Å². The summed E-state index contributed by atoms with van der Waals surface area (Å²) in [6.07, 6.45) is 13.2. The minimum Gasteiger partial charge on any atom is -0.319 e. The molecular formula is C124H118N5O6P9. The Hall–Kier alpha value is -12.1. The molecule has 0 saturated carbocycles. The first kappa shape index (κ1) is 101. The molecule has 720 valence electrons. The van der Waals surface area contributed by atoms with Gasteiger partial charge in [0, 0.05) is 65.2 Å². The minimum absolute atomic E-state index is 0.580. The van der Waals surface area contributed by atoms with Crippen LogP contribution >= 0.6 is 63.5 Å². The molecule has 0 atom stereocenters. The van der Waals surface area contributed by atoms with Crippen LogP contribution in [0.5, 0.6) is 0 Å². The molecule has 0 radical (unpaired) electrons. The summed E-state index contributed by atoms with van der Waals surface area (Å²) in [6, 6.07) is 122. The lowest BCUT2D eigenvalue weighted by Gasteiger charge is -2.25. The van der Waals surface area contributed by atoms with E-state index >= 15 is 0 Å². The van der Waals surface area contributed by atoms with Crippen LogP contribution in [-0.2, 0) is 27.4 Å². The second kappa shape index (κ2) is 38.4. The summed E-state index contributed by atoms with van der Waals surface area (Å²) in [5.41, 5.74) is 20.6. The number of hydrogen-bond donors (Lipinski definition) is 0. The first-order valence-electron chi connectivity index (χ1n) is 48.0. The molecule has 0 spiro atoms. The summed E-state index contributed by atoms with van der Waals surface area (Å²) < 4.78 is 76.0. The molecule has 0 fully saturated rings. The summed E-state index contributed by atoms with van der Waals surface area (Å²) in [4.78, 5) is 24.8. The van der Waals surface area contributed by atoms with E-state index in [1.54, 1.807) is 53.3 Å². The second-order valence-corrected chi connectivity index (χ2v) is 73.1. The van der Waals surface area contributed by atoms with E-state index in [4.69, 9.17) is 24.9 Å². The van der Waals surface area contributed by atoms with Crippen LogP contribution in [-0.4, -0.2) is 164 Å². The molecule has 0 unspecified atom stereocenters. The standard InChI is InChI=1S/C49H41O2P3.C46H44N3O2P3.C29H33N2O2P3/c1-52(2,3)35-17-8-29(9-18-35)41-26-32-15-24-39-43(31-12-21-37(22-13-31)54(6,7)51)28-34-16-25-40-42(30-10-19-36(20-11-30)53(4,5)50)27-33-14-23-38(41)47-44(32)48(39)46(34)49(40)45(33)47;1-52(2,3)41-26-20-35(21-27-41)32-8-14-38(15-9-32)44-47-45(39-16-10-33(11-17-39)36-22-28-42(29-23-36)53(4,5)50)49-46(48-44)40-18-12-34(13-19-40)37-24-30-43(31-25-37)54(6,7)51;1-34(2,3)24-14-12-23(13-15-24)29-30-27(21-8-16-25(17-9-21)35(4,5)32)20-28(31-29)22-10-18-26(19-11-22)36(6,7)33/h8-28H,1H2,2-7H3;8-31H,1H2,2-7H3;8-20H,1H2,2-7H3. The third-order valence-corrected chi connectivity index (χ3v) is 41.8. The van der Waals surface area contributed by atoms with Crippen LogP contribution in [0.15, 0.2) is 352 Å². The molecule has 0 amide bonds. The Balaban J connectivity index is 0.000000140. The molecule has 2 heterocycles. The van der Waals surface area contributed by atoms with Crippen LogP contribution in [0.4, 0.5) is 0 Å². The quantitative estimate of drug-likeness (QED) is 0.0381. The third kappa shape index (κ3) is 21.0. The molecule has 21 aromatic rings. The van der Waals surface area contributed by atoms with E-state index < -0.39 is 63.5 Å². The van der Waals surface area contributed by atoms with Crippen molar-refractivity contribution in [2.75, 3.05) is 120 Å². The first-order valence-corrected chi connectivity index (χ1v) is 72.2. The number of hydrogen-bond acceptors (Lipinski definition) is 11. The lowest BCUT2D eigenvalue weighted by atomic mass is 9.78. The van der Waals surface area contributed by atoms with Crippen LogP contribution in [0.25, 0.3) is 199 Å². The molecule has 0 aliphatic heterocycles. The van der Waals surface area contributed by atoms with Crippen molar-refractivity contribution in [3.8, 4) is 135 Å². The van der Waals surface area contributed by atoms with Gasteiger partial charge in [0.05, 0.1) is 11.4 Å². The number of nitrogens with zero attached hydrogens (tertiary/aromatic N) is 5. The van der Waals surface area contributed by atoms with Gasteiger partial charge in [0.1, 0.15) is 42.9 Å². The van der Waals surface area contributed by atoms with E-state index in [0.29, 0.717) is 23.3 Å². The predicted molar refractivity (Wildman–Crippen MR) is 643 cm³/mol. The van der Waals surface area contributed by atoms with E-state index in [2.05, 4.69) is 259 Å². The summed E-state index contributed by atoms with van der Waals surface area (Å²) >= 11 is 0. The Morgan fingerprint density at radius 2 is 0.319 bits per heavy atom. The molecule has 11 nitrogen and oxygen atoms in total. The highest BCUT2D eigenvalue weighted by Crippen LogP contribution is 2.55. The summed E-state index contributed by atoms with van der Waals surface area (Å²) in [7, 11) is -14.1. The van der Waals surface area contributed by atoms with Gasteiger partial charge in [-0.05, 0) is 292 Å². The molecule has 21 rings (SSSR count). The molecule has 0 aliphatic rings. The summed E-state index contributed by atoms with van der Waals surface area (Å²) in [5.74, 6) is 2.39. The third-order valence-electron chi connectivity index (χ3n) is 27.4. The number of benzene rings is 19. The molecule has 0 bridgehead atoms. The van der Waals surface area contributed by atoms with Crippen LogP contribution < -0.4 is 47.7 Å². The fraction of sp³-hybridized carbons (Fsp3) is 0.145. The SMILES string of the molecule is C=P(C)(C)c1ccc(-c2cc3ccc4c(-c5ccc(P(C)(C)=O)cc5)cc5ccc6c(-c7ccc(P(C)(C)=O)cc7)cc7ccc2c2c3c4c5c6c72)cc1.C=P(C)(C)c1ccc(-c2ccc(-c3nc(-c4ccc(-c5ccc(P(C)(C)=O)cc5)cc4)nc(-c4ccc(-c5ccc(P(C)(C)=O)cc5)cc4)n3)cc2)cc1.C=P(C)(C)c1ccc(-c2nc(-c3ccc(P(C)(C)=O)cc3)cc(-c3ccc(P(C)(C)=O)cc3)n2)cc1. The van der Waals surface area contributed by atoms with Crippen molar-refractivity contribution >= 4 is 195 Å². The predicted octanol–water partition coefficient (Wildman–Crippen LogP) is 29.8. The van der Waals surface area contributed by atoms with E-state index in [-0.39, 0.29) is 0 Å². The van der Waals surface area contributed by atoms with Gasteiger partial charge in [0.2, 0.25) is 0 Å². The van der Waals surface area contributed by atoms with E-state index in [9.17, 15) is 27.4 Å². The maximum atomic E-state index is 13.0. The first-order chi connectivity index (χ1) is 68.0. The van der Waals surface area contributed by atoms with Crippen LogP contribution in [0.3, 0.4) is 0 Å². The highest BCUT2D eigenvalue weighted by atomic mass is 31.2. The molecule has 144 heavy (non-hydrogen) atoms. The van der Waals surface area contributed by atoms with Crippen molar-refractivity contribution in [1.82, 2.24) is 24.9 Å². The summed E-state index contributed by atoms with van der Waals surface area (Å²) in [6.45, 7) is 30.9. The van der Waals surface area contributed by atoms with E-state index in [1.807, 2.05) is 178 Å². The molecular weight excluding hydrogens is 1930 g/mol. The fourth-order valence-corrected chi connectivity index (χ4v) is 27.2. The van der Waals surface area contributed by atoms with Gasteiger partial charge in [-0.15, -0.1) is 0 Å². The zero-order valence-electron chi connectivity index (χ0n) is 84.8. The van der Waals surface area contributed by atoms with Gasteiger partial charge in [-0.2, -0.15) is 0 Å². The molecule has 0 saturated heterocycles. The monoisotopic (exact) mass is 2050 g/mol. The Labute approximate surface area is 847 Å². The Kier molecular flexibility index (Phi) is 26.8. The van der Waals surface area contributed by atoms with Gasteiger partial charge in [0.15, 0.2) is 23.3 Å². The van der Waals surface area contributed by atoms with Crippen molar-refractivity contribution in [3.05, 3.63) is 352 Å². The summed E-state index contributed by atoms with van der Waals surface area (Å²) in [5, 5.41) is 24.3. The van der Waals surface area contributed by atoms with Gasteiger partial charge >= 0.3 is 0 Å². The highest BCUT2D eigenvalue weighted by molar-refractivity contribution is 7.80. The Bertz CT molecular complexity index is 8130. The van der Waals surface area contributed by atoms with Crippen LogP contribution in [0, 0.1) is 0 Å². The zero-order valence-corrected chi connectivity index (χ0v) is 92.9. The van der Waals surface area contributed by atoms with Crippen LogP contribution in [0.2, 0.25) is 0 Å². The maximum Gasteiger partial charge on any atom is 0.164 e. The van der Waals surface area contributed by atoms with Crippen molar-refractivity contribution < 1.29 is 27.4 Å². The van der Waals surface area contributed by atoms with Crippen molar-refractivity contribution in [1.29, 1.82) is 0 Å². The number of aromatic nitrogens is 5. The van der Waals surface area contributed by atoms with Gasteiger partial charge < -0.3 is 27.4 Å². The second-order valence-electron chi connectivity index (χ2n) is 42.1. The largest absolute Gasteiger partial charge is 0.319 e. The van der Waals surface area contributed by atoms with Crippen molar-refractivity contribution in [2.24, 2.45) is 0 Å². The van der Waals surface area contributed by atoms with Gasteiger partial charge in [0.25, 0.3) is 0 Å². The minimum atomic E-state index is -2.38. The lowest BCUT2D eigenvalue weighted by molar-refractivity contribution is 0.587. The van der Waals surface area contributed by atoms with Gasteiger partial charge in [-0.3, -0.25) is 0 Å². The lowest BCUT2D eigenvalue weighted by Crippen LogP contribution is -2.04. The Morgan fingerprint density at radius 1 is 0.160 bits per heavy atom. The molecule has 20 heteroatoms. The van der Waals surface area contributed by atoms with Gasteiger partial charge in [-0.1, -0.05) is 367 Å². The molecule has 19 aromatic carbocycles. The molecule has 0 N–H and O–H groups in total. The fourth-order valence-electron chi connectivity index (χ4n) is 19.1. The molecule has 0 aliphatic carbocycles. The zero-order chi connectivity index (χ0) is 102.